The molecule has 6 heteroatoms. The Bertz CT molecular complexity index is 733. The van der Waals surface area contributed by atoms with Gasteiger partial charge in [0, 0.05) is 19.3 Å². The summed E-state index contributed by atoms with van der Waals surface area (Å²) < 4.78 is 1.89. The number of benzene rings is 1. The molecule has 0 spiro atoms. The van der Waals surface area contributed by atoms with Gasteiger partial charge in [-0.05, 0) is 30.9 Å². The Morgan fingerprint density at radius 3 is 2.75 bits per heavy atom. The summed E-state index contributed by atoms with van der Waals surface area (Å²) in [4.78, 5) is 27.9. The highest BCUT2D eigenvalue weighted by Gasteiger charge is 2.47. The Balaban J connectivity index is 1.45. The molecule has 0 N–H and O–H groups in total. The fourth-order valence-electron chi connectivity index (χ4n) is 3.56. The summed E-state index contributed by atoms with van der Waals surface area (Å²) in [5, 5.41) is 4.35. The molecule has 1 aromatic heterocycles. The first-order valence-electron chi connectivity index (χ1n) is 8.40. The van der Waals surface area contributed by atoms with E-state index in [1.165, 1.54) is 10.5 Å². The van der Waals surface area contributed by atoms with E-state index < -0.39 is 0 Å². The second kappa shape index (κ2) is 6.11. The van der Waals surface area contributed by atoms with E-state index in [1.54, 1.807) is 11.1 Å². The molecule has 2 aliphatic heterocycles. The minimum absolute atomic E-state index is 0.0618. The van der Waals surface area contributed by atoms with Crippen LogP contribution in [-0.4, -0.2) is 44.1 Å². The maximum Gasteiger partial charge on any atom is 0.327 e. The maximum atomic E-state index is 12.4. The van der Waals surface area contributed by atoms with E-state index in [0.717, 1.165) is 31.5 Å². The van der Waals surface area contributed by atoms with Gasteiger partial charge in [-0.15, -0.1) is 0 Å². The van der Waals surface area contributed by atoms with Crippen molar-refractivity contribution in [2.45, 2.75) is 38.4 Å². The first-order valence-corrected chi connectivity index (χ1v) is 8.40. The lowest BCUT2D eigenvalue weighted by Gasteiger charge is -2.16. The Hall–Kier alpha value is -2.63. The van der Waals surface area contributed by atoms with Crippen molar-refractivity contribution in [1.82, 2.24) is 19.6 Å². The number of hydrogen-bond donors (Lipinski definition) is 0. The molecule has 0 unspecified atom stereocenters. The van der Waals surface area contributed by atoms with E-state index in [-0.39, 0.29) is 18.0 Å². The maximum absolute atomic E-state index is 12.4. The third-order valence-electron chi connectivity index (χ3n) is 4.86. The Kier molecular flexibility index (Phi) is 3.80. The van der Waals surface area contributed by atoms with Gasteiger partial charge >= 0.3 is 6.03 Å². The van der Waals surface area contributed by atoms with Gasteiger partial charge in [-0.3, -0.25) is 14.4 Å². The summed E-state index contributed by atoms with van der Waals surface area (Å²) in [6.07, 6.45) is 4.30. The van der Waals surface area contributed by atoms with E-state index >= 15 is 0 Å². The second-order valence-electron chi connectivity index (χ2n) is 6.34. The summed E-state index contributed by atoms with van der Waals surface area (Å²) >= 11 is 0. The van der Waals surface area contributed by atoms with E-state index in [4.69, 9.17) is 0 Å². The zero-order chi connectivity index (χ0) is 16.5. The molecule has 0 aliphatic carbocycles. The monoisotopic (exact) mass is 324 g/mol. The minimum Gasteiger partial charge on any atom is -0.312 e. The van der Waals surface area contributed by atoms with Crippen molar-refractivity contribution in [3.05, 3.63) is 53.9 Å². The van der Waals surface area contributed by atoms with E-state index in [1.807, 2.05) is 28.9 Å². The number of aromatic nitrogens is 2. The average Bonchev–Trinajstić information content (AvgIpc) is 3.30. The molecule has 1 aromatic carbocycles. The third kappa shape index (κ3) is 2.58. The molecule has 2 saturated heterocycles. The first-order chi connectivity index (χ1) is 11.7. The highest BCUT2D eigenvalue weighted by molar-refractivity contribution is 6.04. The van der Waals surface area contributed by atoms with Gasteiger partial charge in [-0.25, -0.2) is 4.79 Å². The molecule has 6 nitrogen and oxygen atoms in total. The van der Waals surface area contributed by atoms with Crippen LogP contribution in [0.4, 0.5) is 4.79 Å². The standard InChI is InChI=1S/C18H20N4O2/c23-17-16-7-4-11-20(16)18(24)21(17)13-15-8-10-19-22(15)12-9-14-5-2-1-3-6-14/h1-3,5-6,8,10,16H,4,7,9,11-13H2/t16-/m1/s1. The molecular weight excluding hydrogens is 304 g/mol. The zero-order valence-electron chi connectivity index (χ0n) is 13.5. The van der Waals surface area contributed by atoms with Crippen molar-refractivity contribution in [2.24, 2.45) is 0 Å². The van der Waals surface area contributed by atoms with Crippen LogP contribution in [0.5, 0.6) is 0 Å². The van der Waals surface area contributed by atoms with Crippen molar-refractivity contribution < 1.29 is 9.59 Å². The molecule has 2 fully saturated rings. The molecule has 1 atom stereocenters. The van der Waals surface area contributed by atoms with Gasteiger partial charge in [0.05, 0.1) is 12.2 Å². The van der Waals surface area contributed by atoms with Gasteiger partial charge in [-0.2, -0.15) is 5.10 Å². The van der Waals surface area contributed by atoms with Gasteiger partial charge in [0.15, 0.2) is 0 Å². The van der Waals surface area contributed by atoms with Crippen LogP contribution in [0, 0.1) is 0 Å². The lowest BCUT2D eigenvalue weighted by atomic mass is 10.1. The van der Waals surface area contributed by atoms with E-state index in [0.29, 0.717) is 13.1 Å². The summed E-state index contributed by atoms with van der Waals surface area (Å²) in [5.41, 5.74) is 2.14. The molecule has 3 heterocycles. The van der Waals surface area contributed by atoms with Crippen molar-refractivity contribution in [3.8, 4) is 0 Å². The lowest BCUT2D eigenvalue weighted by Crippen LogP contribution is -2.33. The van der Waals surface area contributed by atoms with Crippen molar-refractivity contribution in [1.29, 1.82) is 0 Å². The van der Waals surface area contributed by atoms with Crippen molar-refractivity contribution in [3.63, 3.8) is 0 Å². The number of carbonyl (C=O) groups is 2. The van der Waals surface area contributed by atoms with Gasteiger partial charge in [0.25, 0.3) is 5.91 Å². The van der Waals surface area contributed by atoms with Crippen molar-refractivity contribution in [2.75, 3.05) is 6.54 Å². The SMILES string of the molecule is O=C1[C@H]2CCCN2C(=O)N1Cc1ccnn1CCc1ccccc1. The Labute approximate surface area is 140 Å². The van der Waals surface area contributed by atoms with Crippen LogP contribution in [0.3, 0.4) is 0 Å². The predicted octanol–water partition coefficient (Wildman–Crippen LogP) is 2.05. The Morgan fingerprint density at radius 2 is 1.96 bits per heavy atom. The molecular formula is C18H20N4O2. The first kappa shape index (κ1) is 14.9. The topological polar surface area (TPSA) is 58.4 Å². The van der Waals surface area contributed by atoms with Crippen LogP contribution in [0.1, 0.15) is 24.1 Å². The van der Waals surface area contributed by atoms with Gasteiger partial charge in [-0.1, -0.05) is 30.3 Å². The summed E-state index contributed by atoms with van der Waals surface area (Å²) in [6.45, 7) is 1.73. The molecule has 2 aliphatic rings. The number of urea groups is 1. The largest absolute Gasteiger partial charge is 0.327 e. The van der Waals surface area contributed by atoms with Crippen LogP contribution in [-0.2, 0) is 24.3 Å². The fraction of sp³-hybridized carbons (Fsp3) is 0.389. The number of hydrogen-bond acceptors (Lipinski definition) is 3. The van der Waals surface area contributed by atoms with Gasteiger partial charge in [0.2, 0.25) is 0 Å². The molecule has 4 rings (SSSR count). The molecule has 124 valence electrons. The molecule has 0 bridgehead atoms. The van der Waals surface area contributed by atoms with E-state index in [2.05, 4.69) is 17.2 Å². The van der Waals surface area contributed by atoms with Gasteiger partial charge in [0.1, 0.15) is 6.04 Å². The summed E-state index contributed by atoms with van der Waals surface area (Å²) in [7, 11) is 0. The molecule has 24 heavy (non-hydrogen) atoms. The van der Waals surface area contributed by atoms with Crippen LogP contribution in [0.15, 0.2) is 42.6 Å². The summed E-state index contributed by atoms with van der Waals surface area (Å²) in [6, 6.07) is 11.7. The molecule has 3 amide bonds. The number of fused-ring (bicyclic) bond motifs is 1. The zero-order valence-corrected chi connectivity index (χ0v) is 13.5. The van der Waals surface area contributed by atoms with Gasteiger partial charge < -0.3 is 4.90 Å². The minimum atomic E-state index is -0.238. The molecule has 0 radical (unpaired) electrons. The average molecular weight is 324 g/mol. The van der Waals surface area contributed by atoms with Crippen molar-refractivity contribution >= 4 is 11.9 Å². The normalized spacial score (nSPS) is 20.1. The number of carbonyl (C=O) groups excluding carboxylic acids is 2. The number of rotatable bonds is 5. The second-order valence-corrected chi connectivity index (χ2v) is 6.34. The smallest absolute Gasteiger partial charge is 0.312 e. The molecule has 2 aromatic rings. The molecule has 0 saturated carbocycles. The summed E-state index contributed by atoms with van der Waals surface area (Å²) in [5.74, 6) is -0.0618. The third-order valence-corrected chi connectivity index (χ3v) is 4.86. The lowest BCUT2D eigenvalue weighted by molar-refractivity contribution is -0.128. The number of nitrogens with zero attached hydrogens (tertiary/aromatic N) is 4. The number of imide groups is 1. The predicted molar refractivity (Wildman–Crippen MR) is 88.0 cm³/mol. The Morgan fingerprint density at radius 1 is 1.12 bits per heavy atom. The fourth-order valence-corrected chi connectivity index (χ4v) is 3.56. The van der Waals surface area contributed by atoms with Crippen LogP contribution < -0.4 is 0 Å². The van der Waals surface area contributed by atoms with Crippen LogP contribution in [0.25, 0.3) is 0 Å². The number of aryl methyl sites for hydroxylation is 2. The van der Waals surface area contributed by atoms with E-state index in [9.17, 15) is 9.59 Å². The van der Waals surface area contributed by atoms with Crippen LogP contribution >= 0.6 is 0 Å². The highest BCUT2D eigenvalue weighted by atomic mass is 16.2. The van der Waals surface area contributed by atoms with Crippen LogP contribution in [0.2, 0.25) is 0 Å². The quantitative estimate of drug-likeness (QED) is 0.791. The number of amides is 3. The highest BCUT2D eigenvalue weighted by Crippen LogP contribution is 2.28.